The molecule has 0 aromatic heterocycles. The van der Waals surface area contributed by atoms with E-state index in [0.29, 0.717) is 6.54 Å². The van der Waals surface area contributed by atoms with Crippen LogP contribution in [0.3, 0.4) is 0 Å². The zero-order valence-electron chi connectivity index (χ0n) is 11.5. The van der Waals surface area contributed by atoms with Crippen molar-refractivity contribution < 1.29 is 14.6 Å². The highest BCUT2D eigenvalue weighted by atomic mass is 16.7. The molecule has 1 aliphatic carbocycles. The largest absolute Gasteiger partial charge is 0.454 e. The maximum atomic E-state index is 10.3. The van der Waals surface area contributed by atoms with Gasteiger partial charge in [0, 0.05) is 13.1 Å². The minimum absolute atomic E-state index is 0.272. The summed E-state index contributed by atoms with van der Waals surface area (Å²) in [7, 11) is 2.07. The fourth-order valence-electron chi connectivity index (χ4n) is 2.65. The van der Waals surface area contributed by atoms with Crippen LogP contribution in [0.15, 0.2) is 18.2 Å². The number of hydrogen-bond donors (Lipinski definition) is 1. The third kappa shape index (κ3) is 2.85. The van der Waals surface area contributed by atoms with Gasteiger partial charge in [-0.15, -0.1) is 0 Å². The summed E-state index contributed by atoms with van der Waals surface area (Å²) in [4.78, 5) is 2.21. The zero-order valence-corrected chi connectivity index (χ0v) is 11.5. The van der Waals surface area contributed by atoms with E-state index < -0.39 is 6.10 Å². The van der Waals surface area contributed by atoms with E-state index in [4.69, 9.17) is 9.47 Å². The second-order valence-corrected chi connectivity index (χ2v) is 5.82. The molecular formula is C15H21NO3. The van der Waals surface area contributed by atoms with Crippen LogP contribution >= 0.6 is 0 Å². The highest BCUT2D eigenvalue weighted by Crippen LogP contribution is 2.38. The van der Waals surface area contributed by atoms with Gasteiger partial charge in [-0.1, -0.05) is 13.0 Å². The van der Waals surface area contributed by atoms with Gasteiger partial charge >= 0.3 is 0 Å². The molecule has 1 fully saturated rings. The summed E-state index contributed by atoms with van der Waals surface area (Å²) in [5.41, 5.74) is 0.889. The van der Waals surface area contributed by atoms with E-state index in [2.05, 4.69) is 18.9 Å². The predicted molar refractivity (Wildman–Crippen MR) is 72.3 cm³/mol. The van der Waals surface area contributed by atoms with E-state index in [1.54, 1.807) is 0 Å². The van der Waals surface area contributed by atoms with E-state index >= 15 is 0 Å². The molecule has 1 N–H and O–H groups in total. The van der Waals surface area contributed by atoms with Crippen LogP contribution in [0.25, 0.3) is 0 Å². The van der Waals surface area contributed by atoms with Crippen LogP contribution in [0.1, 0.15) is 25.0 Å². The van der Waals surface area contributed by atoms with Gasteiger partial charge in [-0.05, 0) is 43.0 Å². The molecule has 0 bridgehead atoms. The Kier molecular flexibility index (Phi) is 3.37. The number of aliphatic hydroxyl groups is 1. The van der Waals surface area contributed by atoms with E-state index in [9.17, 15) is 5.11 Å². The number of ether oxygens (including phenoxy) is 2. The van der Waals surface area contributed by atoms with Crippen molar-refractivity contribution in [3.63, 3.8) is 0 Å². The Balaban J connectivity index is 1.58. The van der Waals surface area contributed by atoms with Gasteiger partial charge in [-0.2, -0.15) is 0 Å². The third-order valence-corrected chi connectivity index (χ3v) is 4.09. The van der Waals surface area contributed by atoms with Crippen molar-refractivity contribution in [2.45, 2.75) is 19.4 Å². The van der Waals surface area contributed by atoms with Crippen molar-refractivity contribution in [1.29, 1.82) is 0 Å². The first-order valence-corrected chi connectivity index (χ1v) is 6.89. The fraction of sp³-hybridized carbons (Fsp3) is 0.600. The van der Waals surface area contributed by atoms with Gasteiger partial charge in [0.1, 0.15) is 0 Å². The number of rotatable bonds is 5. The molecule has 1 heterocycles. The lowest BCUT2D eigenvalue weighted by Gasteiger charge is -2.21. The lowest BCUT2D eigenvalue weighted by atomic mass is 10.1. The van der Waals surface area contributed by atoms with E-state index in [1.165, 1.54) is 6.42 Å². The van der Waals surface area contributed by atoms with Gasteiger partial charge in [0.2, 0.25) is 6.79 Å². The quantitative estimate of drug-likeness (QED) is 0.882. The summed E-state index contributed by atoms with van der Waals surface area (Å²) in [6.07, 6.45) is 0.846. The molecule has 1 aromatic rings. The Bertz CT molecular complexity index is 463. The highest BCUT2D eigenvalue weighted by Gasteiger charge is 2.33. The topological polar surface area (TPSA) is 41.9 Å². The molecule has 0 amide bonds. The SMILES string of the molecule is CC1CC1CN(C)CC(O)c1ccc2c(c1)OCO2. The Labute approximate surface area is 113 Å². The molecular weight excluding hydrogens is 242 g/mol. The molecule has 0 spiro atoms. The van der Waals surface area contributed by atoms with Gasteiger partial charge in [0.15, 0.2) is 11.5 Å². The molecule has 3 atom stereocenters. The Morgan fingerprint density at radius 2 is 2.11 bits per heavy atom. The summed E-state index contributed by atoms with van der Waals surface area (Å²) in [5, 5.41) is 10.3. The fourth-order valence-corrected chi connectivity index (χ4v) is 2.65. The number of hydrogen-bond acceptors (Lipinski definition) is 4. The monoisotopic (exact) mass is 263 g/mol. The zero-order chi connectivity index (χ0) is 13.4. The standard InChI is InChI=1S/C15H21NO3/c1-10-5-12(10)7-16(2)8-13(17)11-3-4-14-15(6-11)19-9-18-14/h3-4,6,10,12-13,17H,5,7-9H2,1-2H3. The van der Waals surface area contributed by atoms with Crippen molar-refractivity contribution in [3.05, 3.63) is 23.8 Å². The smallest absolute Gasteiger partial charge is 0.231 e. The number of aliphatic hydroxyl groups excluding tert-OH is 1. The molecule has 2 aliphatic rings. The molecule has 4 nitrogen and oxygen atoms in total. The first-order chi connectivity index (χ1) is 9.13. The van der Waals surface area contributed by atoms with Gasteiger partial charge in [-0.3, -0.25) is 0 Å². The van der Waals surface area contributed by atoms with Crippen LogP contribution in [0.5, 0.6) is 11.5 Å². The number of benzene rings is 1. The number of nitrogens with zero attached hydrogens (tertiary/aromatic N) is 1. The molecule has 19 heavy (non-hydrogen) atoms. The predicted octanol–water partition coefficient (Wildman–Crippen LogP) is 2.04. The number of fused-ring (bicyclic) bond motifs is 1. The molecule has 1 aliphatic heterocycles. The molecule has 1 saturated carbocycles. The van der Waals surface area contributed by atoms with E-state index in [1.807, 2.05) is 18.2 Å². The second kappa shape index (κ2) is 5.02. The van der Waals surface area contributed by atoms with Crippen molar-refractivity contribution in [1.82, 2.24) is 4.90 Å². The van der Waals surface area contributed by atoms with Crippen LogP contribution in [-0.4, -0.2) is 36.9 Å². The Morgan fingerprint density at radius 3 is 2.84 bits per heavy atom. The first kappa shape index (κ1) is 12.8. The van der Waals surface area contributed by atoms with Crippen molar-refractivity contribution in [3.8, 4) is 11.5 Å². The molecule has 0 radical (unpaired) electrons. The van der Waals surface area contributed by atoms with Gasteiger partial charge in [-0.25, -0.2) is 0 Å². The van der Waals surface area contributed by atoms with E-state index in [0.717, 1.165) is 35.4 Å². The van der Waals surface area contributed by atoms with Crippen molar-refractivity contribution >= 4 is 0 Å². The van der Waals surface area contributed by atoms with Gasteiger partial charge in [0.25, 0.3) is 0 Å². The summed E-state index contributed by atoms with van der Waals surface area (Å²) >= 11 is 0. The van der Waals surface area contributed by atoms with Gasteiger partial charge in [0.05, 0.1) is 6.10 Å². The van der Waals surface area contributed by atoms with Crippen LogP contribution in [0, 0.1) is 11.8 Å². The molecule has 0 saturated heterocycles. The average molecular weight is 263 g/mol. The third-order valence-electron chi connectivity index (χ3n) is 4.09. The van der Waals surface area contributed by atoms with Crippen LogP contribution in [-0.2, 0) is 0 Å². The lowest BCUT2D eigenvalue weighted by molar-refractivity contribution is 0.123. The van der Waals surface area contributed by atoms with E-state index in [-0.39, 0.29) is 6.79 Å². The molecule has 3 unspecified atom stereocenters. The normalized spacial score (nSPS) is 25.7. The van der Waals surface area contributed by atoms with Crippen LogP contribution in [0.2, 0.25) is 0 Å². The molecule has 3 rings (SSSR count). The van der Waals surface area contributed by atoms with Gasteiger partial charge < -0.3 is 19.5 Å². The number of likely N-dealkylation sites (N-methyl/N-ethyl adjacent to an activating group) is 1. The van der Waals surface area contributed by atoms with Crippen LogP contribution in [0.4, 0.5) is 0 Å². The molecule has 104 valence electrons. The summed E-state index contributed by atoms with van der Waals surface area (Å²) < 4.78 is 10.6. The second-order valence-electron chi connectivity index (χ2n) is 5.82. The van der Waals surface area contributed by atoms with Crippen molar-refractivity contribution in [2.75, 3.05) is 26.9 Å². The Morgan fingerprint density at radius 1 is 1.37 bits per heavy atom. The Hall–Kier alpha value is -1.26. The summed E-state index contributed by atoms with van der Waals surface area (Å²) in [5.74, 6) is 3.16. The van der Waals surface area contributed by atoms with Crippen LogP contribution < -0.4 is 9.47 Å². The minimum atomic E-state index is -0.478. The maximum Gasteiger partial charge on any atom is 0.231 e. The summed E-state index contributed by atoms with van der Waals surface area (Å²) in [6, 6.07) is 5.65. The average Bonchev–Trinajstić information content (AvgIpc) is 2.91. The highest BCUT2D eigenvalue weighted by molar-refractivity contribution is 5.45. The minimum Gasteiger partial charge on any atom is -0.454 e. The lowest BCUT2D eigenvalue weighted by Crippen LogP contribution is -2.27. The summed E-state index contributed by atoms with van der Waals surface area (Å²) in [6.45, 7) is 4.28. The maximum absolute atomic E-state index is 10.3. The molecule has 1 aromatic carbocycles. The van der Waals surface area contributed by atoms with Crippen molar-refractivity contribution in [2.24, 2.45) is 11.8 Å². The first-order valence-electron chi connectivity index (χ1n) is 6.89. The molecule has 4 heteroatoms.